The zero-order chi connectivity index (χ0) is 28.0. The summed E-state index contributed by atoms with van der Waals surface area (Å²) in [5, 5.41) is 3.09. The van der Waals surface area contributed by atoms with E-state index in [4.69, 9.17) is 0 Å². The third kappa shape index (κ3) is 7.39. The summed E-state index contributed by atoms with van der Waals surface area (Å²) in [6.07, 6.45) is 4.02. The normalized spacial score (nSPS) is 14.5. The second-order valence-electron chi connectivity index (χ2n) is 9.98. The van der Waals surface area contributed by atoms with Crippen molar-refractivity contribution in [3.05, 3.63) is 93.6 Å². The lowest BCUT2D eigenvalue weighted by molar-refractivity contribution is -0.139. The summed E-state index contributed by atoms with van der Waals surface area (Å²) in [6.45, 7) is 3.42. The highest BCUT2D eigenvalue weighted by Crippen LogP contribution is 2.25. The third-order valence-corrected chi connectivity index (χ3v) is 9.54. The first-order valence-electron chi connectivity index (χ1n) is 13.1. The smallest absolute Gasteiger partial charge is 0.264 e. The summed E-state index contributed by atoms with van der Waals surface area (Å²) in [7, 11) is -4.06. The Kier molecular flexibility index (Phi) is 9.66. The zero-order valence-electron chi connectivity index (χ0n) is 22.2. The van der Waals surface area contributed by atoms with Gasteiger partial charge in [0.2, 0.25) is 11.8 Å². The van der Waals surface area contributed by atoms with Crippen LogP contribution in [0.1, 0.15) is 43.7 Å². The molecule has 1 aliphatic rings. The molecule has 9 heteroatoms. The maximum atomic E-state index is 14.0. The highest BCUT2D eigenvalue weighted by Gasteiger charge is 2.33. The van der Waals surface area contributed by atoms with Crippen LogP contribution in [0.3, 0.4) is 0 Å². The Morgan fingerprint density at radius 1 is 0.974 bits per heavy atom. The number of nitrogens with zero attached hydrogens (tertiary/aromatic N) is 2. The fraction of sp³-hybridized carbons (Fsp3) is 0.333. The molecule has 0 saturated heterocycles. The monoisotopic (exact) mass is 659 g/mol. The molecule has 1 N–H and O–H groups in total. The minimum Gasteiger partial charge on any atom is -0.352 e. The van der Waals surface area contributed by atoms with E-state index in [1.807, 2.05) is 31.2 Å². The highest BCUT2D eigenvalue weighted by molar-refractivity contribution is 14.1. The molecular weight excluding hydrogens is 625 g/mol. The van der Waals surface area contributed by atoms with Gasteiger partial charge < -0.3 is 10.2 Å². The Morgan fingerprint density at radius 3 is 2.28 bits per heavy atom. The van der Waals surface area contributed by atoms with E-state index >= 15 is 0 Å². The van der Waals surface area contributed by atoms with E-state index in [-0.39, 0.29) is 23.4 Å². The molecule has 206 valence electrons. The highest BCUT2D eigenvalue weighted by atomic mass is 127. The molecule has 1 saturated carbocycles. The van der Waals surface area contributed by atoms with E-state index < -0.39 is 28.5 Å². The molecular formula is C30H34IN3O4S. The van der Waals surface area contributed by atoms with Crippen LogP contribution in [-0.4, -0.2) is 43.8 Å². The molecule has 0 heterocycles. The first-order valence-corrected chi connectivity index (χ1v) is 15.7. The third-order valence-electron chi connectivity index (χ3n) is 7.03. The van der Waals surface area contributed by atoms with Crippen molar-refractivity contribution in [3.63, 3.8) is 0 Å². The quantitative estimate of drug-likeness (QED) is 0.301. The Hall–Kier alpha value is -2.92. The summed E-state index contributed by atoms with van der Waals surface area (Å²) in [5.74, 6) is -0.682. The van der Waals surface area contributed by atoms with E-state index in [0.29, 0.717) is 5.69 Å². The Bertz CT molecular complexity index is 1390. The number of benzene rings is 3. The summed E-state index contributed by atoms with van der Waals surface area (Å²) in [4.78, 5) is 28.8. The van der Waals surface area contributed by atoms with Crippen molar-refractivity contribution in [1.29, 1.82) is 0 Å². The van der Waals surface area contributed by atoms with Crippen molar-refractivity contribution in [2.45, 2.75) is 63.1 Å². The molecule has 0 aliphatic heterocycles. The van der Waals surface area contributed by atoms with E-state index in [1.165, 1.54) is 17.0 Å². The molecule has 4 rings (SSSR count). The number of carbonyl (C=O) groups is 2. The Balaban J connectivity index is 1.67. The molecule has 39 heavy (non-hydrogen) atoms. The van der Waals surface area contributed by atoms with Crippen LogP contribution in [0.25, 0.3) is 0 Å². The van der Waals surface area contributed by atoms with Crippen molar-refractivity contribution in [3.8, 4) is 0 Å². The predicted molar refractivity (Wildman–Crippen MR) is 162 cm³/mol. The molecule has 0 spiro atoms. The van der Waals surface area contributed by atoms with Crippen LogP contribution in [0.4, 0.5) is 5.69 Å². The molecule has 3 aromatic rings. The first kappa shape index (κ1) is 29.1. The van der Waals surface area contributed by atoms with Crippen molar-refractivity contribution in [1.82, 2.24) is 10.2 Å². The molecule has 2 amide bonds. The number of hydrogen-bond donors (Lipinski definition) is 1. The summed E-state index contributed by atoms with van der Waals surface area (Å²) in [5.41, 5.74) is 2.29. The fourth-order valence-electron chi connectivity index (χ4n) is 4.84. The zero-order valence-corrected chi connectivity index (χ0v) is 25.2. The topological polar surface area (TPSA) is 86.8 Å². The number of aryl methyl sites for hydroxylation is 1. The lowest BCUT2D eigenvalue weighted by Gasteiger charge is -2.32. The van der Waals surface area contributed by atoms with Gasteiger partial charge in [-0.2, -0.15) is 0 Å². The average molecular weight is 660 g/mol. The van der Waals surface area contributed by atoms with Gasteiger partial charge in [-0.1, -0.05) is 60.9 Å². The van der Waals surface area contributed by atoms with Gasteiger partial charge in [-0.15, -0.1) is 0 Å². The Morgan fingerprint density at radius 2 is 1.64 bits per heavy atom. The predicted octanol–water partition coefficient (Wildman–Crippen LogP) is 5.27. The van der Waals surface area contributed by atoms with Gasteiger partial charge in [-0.05, 0) is 91.2 Å². The van der Waals surface area contributed by atoms with Gasteiger partial charge in [0.15, 0.2) is 0 Å². The van der Waals surface area contributed by atoms with Crippen LogP contribution in [0.5, 0.6) is 0 Å². The number of halogens is 1. The second-order valence-corrected chi connectivity index (χ2v) is 13.1. The molecule has 7 nitrogen and oxygen atoms in total. The maximum absolute atomic E-state index is 14.0. The summed E-state index contributed by atoms with van der Waals surface area (Å²) < 4.78 is 29.6. The molecule has 0 bridgehead atoms. The van der Waals surface area contributed by atoms with E-state index in [2.05, 4.69) is 27.9 Å². The second kappa shape index (κ2) is 13.0. The molecule has 1 unspecified atom stereocenters. The van der Waals surface area contributed by atoms with E-state index in [1.54, 1.807) is 49.4 Å². The van der Waals surface area contributed by atoms with Crippen LogP contribution in [0, 0.1) is 10.5 Å². The number of hydrogen-bond acceptors (Lipinski definition) is 4. The lowest BCUT2D eigenvalue weighted by atomic mass is 10.1. The van der Waals surface area contributed by atoms with Crippen molar-refractivity contribution >= 4 is 50.1 Å². The van der Waals surface area contributed by atoms with Gasteiger partial charge in [0.25, 0.3) is 10.0 Å². The number of rotatable bonds is 10. The van der Waals surface area contributed by atoms with Gasteiger partial charge >= 0.3 is 0 Å². The van der Waals surface area contributed by atoms with Gasteiger partial charge in [0.1, 0.15) is 12.6 Å². The number of sulfonamides is 1. The Labute approximate surface area is 244 Å². The van der Waals surface area contributed by atoms with Gasteiger partial charge in [-0.3, -0.25) is 13.9 Å². The number of anilines is 1. The number of carbonyl (C=O) groups excluding carboxylic acids is 2. The van der Waals surface area contributed by atoms with Crippen LogP contribution in [0.2, 0.25) is 0 Å². The van der Waals surface area contributed by atoms with Crippen LogP contribution in [0.15, 0.2) is 83.8 Å². The fourth-order valence-corrected chi connectivity index (χ4v) is 6.63. The van der Waals surface area contributed by atoms with Gasteiger partial charge in [-0.25, -0.2) is 8.42 Å². The van der Waals surface area contributed by atoms with Crippen molar-refractivity contribution in [2.24, 2.45) is 0 Å². The SMILES string of the molecule is Cc1cccc(CN(C(=O)CN(c2ccc(I)cc2)S(=O)(=O)c2ccccc2)C(C)C(=O)NC2CCCC2)c1. The number of amides is 2. The standard InChI is InChI=1S/C30H34IN3O4S/c1-22-9-8-10-24(19-22)20-33(23(2)30(36)32-26-11-6-7-12-26)29(35)21-34(27-17-15-25(31)16-18-27)39(37,38)28-13-4-3-5-14-28/h3-5,8-10,13-19,23,26H,6-7,11-12,20-21H2,1-2H3,(H,32,36). The molecule has 1 atom stereocenters. The average Bonchev–Trinajstić information content (AvgIpc) is 3.44. The minimum atomic E-state index is -4.06. The van der Waals surface area contributed by atoms with Crippen molar-refractivity contribution < 1.29 is 18.0 Å². The molecule has 1 aliphatic carbocycles. The largest absolute Gasteiger partial charge is 0.352 e. The first-order chi connectivity index (χ1) is 18.6. The van der Waals surface area contributed by atoms with Crippen LogP contribution >= 0.6 is 22.6 Å². The van der Waals surface area contributed by atoms with Crippen LogP contribution in [-0.2, 0) is 26.2 Å². The van der Waals surface area contributed by atoms with Gasteiger partial charge in [0, 0.05) is 16.2 Å². The molecule has 1 fully saturated rings. The number of nitrogens with one attached hydrogen (secondary N) is 1. The summed E-state index contributed by atoms with van der Waals surface area (Å²) >= 11 is 2.15. The molecule has 0 radical (unpaired) electrons. The van der Waals surface area contributed by atoms with E-state index in [0.717, 1.165) is 44.7 Å². The maximum Gasteiger partial charge on any atom is 0.264 e. The lowest BCUT2D eigenvalue weighted by Crippen LogP contribution is -2.52. The molecule has 3 aromatic carbocycles. The van der Waals surface area contributed by atoms with Gasteiger partial charge in [0.05, 0.1) is 10.6 Å². The van der Waals surface area contributed by atoms with E-state index in [9.17, 15) is 18.0 Å². The van der Waals surface area contributed by atoms with Crippen molar-refractivity contribution in [2.75, 3.05) is 10.8 Å². The molecule has 0 aromatic heterocycles. The van der Waals surface area contributed by atoms with Crippen LogP contribution < -0.4 is 9.62 Å². The minimum absolute atomic E-state index is 0.0913. The summed E-state index contributed by atoms with van der Waals surface area (Å²) in [6, 6.07) is 22.2.